The van der Waals surface area contributed by atoms with Crippen LogP contribution in [0.15, 0.2) is 71.6 Å². The highest BCUT2D eigenvalue weighted by molar-refractivity contribution is 7.92. The van der Waals surface area contributed by atoms with Gasteiger partial charge in [0.15, 0.2) is 0 Å². The fourth-order valence-corrected chi connectivity index (χ4v) is 6.94. The molecule has 230 valence electrons. The molecule has 0 spiro atoms. The predicted octanol–water partition coefficient (Wildman–Crippen LogP) is 7.10. The van der Waals surface area contributed by atoms with Crippen LogP contribution in [0.2, 0.25) is 10.0 Å². The summed E-state index contributed by atoms with van der Waals surface area (Å²) >= 11 is 12.4. The van der Waals surface area contributed by atoms with Gasteiger partial charge in [0.25, 0.3) is 10.0 Å². The molecular formula is C33H39Cl2N3O4S. The number of hydrogen-bond acceptors (Lipinski definition) is 4. The number of nitrogens with one attached hydrogen (secondary N) is 1. The summed E-state index contributed by atoms with van der Waals surface area (Å²) in [6.45, 7) is 7.19. The molecule has 1 saturated carbocycles. The molecule has 1 atom stereocenters. The molecule has 3 aromatic rings. The van der Waals surface area contributed by atoms with Gasteiger partial charge in [0.2, 0.25) is 11.8 Å². The lowest BCUT2D eigenvalue weighted by Crippen LogP contribution is -2.52. The third-order valence-electron chi connectivity index (χ3n) is 7.94. The van der Waals surface area contributed by atoms with Crippen LogP contribution in [0.5, 0.6) is 0 Å². The van der Waals surface area contributed by atoms with E-state index in [1.165, 1.54) is 17.0 Å². The number of hydrogen-bond donors (Lipinski definition) is 1. The van der Waals surface area contributed by atoms with Crippen molar-refractivity contribution >= 4 is 50.7 Å². The largest absolute Gasteiger partial charge is 0.352 e. The van der Waals surface area contributed by atoms with Crippen LogP contribution in [0.1, 0.15) is 69.1 Å². The second kappa shape index (κ2) is 14.1. The van der Waals surface area contributed by atoms with Gasteiger partial charge in [0, 0.05) is 12.6 Å². The van der Waals surface area contributed by atoms with Crippen molar-refractivity contribution in [2.75, 3.05) is 10.8 Å². The normalized spacial score (nSPS) is 14.5. The second-order valence-corrected chi connectivity index (χ2v) is 14.2. The molecule has 43 heavy (non-hydrogen) atoms. The van der Waals surface area contributed by atoms with Crippen molar-refractivity contribution in [3.8, 4) is 0 Å². The summed E-state index contributed by atoms with van der Waals surface area (Å²) < 4.78 is 29.2. The summed E-state index contributed by atoms with van der Waals surface area (Å²) in [5, 5.41) is 3.77. The highest BCUT2D eigenvalue weighted by atomic mass is 35.5. The monoisotopic (exact) mass is 643 g/mol. The van der Waals surface area contributed by atoms with Crippen LogP contribution in [-0.4, -0.2) is 43.8 Å². The SMILES string of the molecule is Cc1ccc(S(=O)(=O)N(CC(=O)N(Cc2ccc(Cl)c(Cl)c2)[C@@H](C)C(=O)NC2CCCC2)c2ccc(C(C)C)cc2)cc1. The van der Waals surface area contributed by atoms with E-state index in [-0.39, 0.29) is 29.3 Å². The van der Waals surface area contributed by atoms with Gasteiger partial charge in [0.1, 0.15) is 12.6 Å². The van der Waals surface area contributed by atoms with Crippen molar-refractivity contribution < 1.29 is 18.0 Å². The molecule has 7 nitrogen and oxygen atoms in total. The van der Waals surface area contributed by atoms with E-state index in [0.29, 0.717) is 21.3 Å². The summed E-state index contributed by atoms with van der Waals surface area (Å²) in [6.07, 6.45) is 3.89. The maximum atomic E-state index is 14.2. The van der Waals surface area contributed by atoms with E-state index < -0.39 is 28.5 Å². The number of rotatable bonds is 11. The van der Waals surface area contributed by atoms with E-state index in [0.717, 1.165) is 41.1 Å². The smallest absolute Gasteiger partial charge is 0.264 e. The van der Waals surface area contributed by atoms with Gasteiger partial charge in [0.05, 0.1) is 20.6 Å². The highest BCUT2D eigenvalue weighted by Gasteiger charge is 2.33. The van der Waals surface area contributed by atoms with Gasteiger partial charge < -0.3 is 10.2 Å². The Morgan fingerprint density at radius 1 is 0.907 bits per heavy atom. The molecule has 1 fully saturated rings. The average Bonchev–Trinajstić information content (AvgIpc) is 3.49. The van der Waals surface area contributed by atoms with Crippen LogP contribution in [-0.2, 0) is 26.2 Å². The minimum absolute atomic E-state index is 0.0414. The zero-order chi connectivity index (χ0) is 31.3. The second-order valence-electron chi connectivity index (χ2n) is 11.5. The first kappa shape index (κ1) is 32.8. The first-order chi connectivity index (χ1) is 20.4. The molecule has 0 radical (unpaired) electrons. The fourth-order valence-electron chi connectivity index (χ4n) is 5.20. The van der Waals surface area contributed by atoms with E-state index in [1.807, 2.05) is 19.1 Å². The molecule has 0 aromatic heterocycles. The van der Waals surface area contributed by atoms with Crippen molar-refractivity contribution in [2.45, 2.75) is 82.8 Å². The Balaban J connectivity index is 1.71. The Bertz CT molecular complexity index is 1540. The lowest BCUT2D eigenvalue weighted by molar-refractivity contribution is -0.139. The Kier molecular flexibility index (Phi) is 10.8. The van der Waals surface area contributed by atoms with Crippen LogP contribution in [0, 0.1) is 6.92 Å². The van der Waals surface area contributed by atoms with Gasteiger partial charge in [-0.05, 0) is 80.1 Å². The van der Waals surface area contributed by atoms with E-state index in [1.54, 1.807) is 49.4 Å². The maximum Gasteiger partial charge on any atom is 0.264 e. The van der Waals surface area contributed by atoms with Gasteiger partial charge >= 0.3 is 0 Å². The van der Waals surface area contributed by atoms with Gasteiger partial charge in [-0.25, -0.2) is 8.42 Å². The predicted molar refractivity (Wildman–Crippen MR) is 173 cm³/mol. The molecule has 3 aromatic carbocycles. The number of carbonyl (C=O) groups excluding carboxylic acids is 2. The van der Waals surface area contributed by atoms with Gasteiger partial charge in [-0.1, -0.05) is 85.8 Å². The third-order valence-corrected chi connectivity index (χ3v) is 10.5. The molecule has 0 saturated heterocycles. The Morgan fingerprint density at radius 3 is 2.12 bits per heavy atom. The molecule has 0 aliphatic heterocycles. The summed E-state index contributed by atoms with van der Waals surface area (Å²) in [4.78, 5) is 29.0. The highest BCUT2D eigenvalue weighted by Crippen LogP contribution is 2.28. The molecule has 1 N–H and O–H groups in total. The maximum absolute atomic E-state index is 14.2. The zero-order valence-electron chi connectivity index (χ0n) is 25.0. The number of amides is 2. The van der Waals surface area contributed by atoms with Gasteiger partial charge in [-0.15, -0.1) is 0 Å². The van der Waals surface area contributed by atoms with Crippen molar-refractivity contribution in [1.29, 1.82) is 0 Å². The number of halogens is 2. The van der Waals surface area contributed by atoms with Crippen molar-refractivity contribution in [3.05, 3.63) is 93.5 Å². The summed E-state index contributed by atoms with van der Waals surface area (Å²) in [5.41, 5.74) is 2.98. The third kappa shape index (κ3) is 8.11. The molecule has 0 heterocycles. The quantitative estimate of drug-likeness (QED) is 0.241. The minimum atomic E-state index is -4.14. The molecule has 0 bridgehead atoms. The van der Waals surface area contributed by atoms with Crippen molar-refractivity contribution in [1.82, 2.24) is 10.2 Å². The van der Waals surface area contributed by atoms with Crippen molar-refractivity contribution in [2.24, 2.45) is 0 Å². The molecule has 1 aliphatic carbocycles. The first-order valence-corrected chi connectivity index (χ1v) is 16.8. The van der Waals surface area contributed by atoms with E-state index in [9.17, 15) is 18.0 Å². The lowest BCUT2D eigenvalue weighted by Gasteiger charge is -2.32. The lowest BCUT2D eigenvalue weighted by atomic mass is 10.0. The Morgan fingerprint density at radius 2 is 1.53 bits per heavy atom. The molecule has 2 amide bonds. The first-order valence-electron chi connectivity index (χ1n) is 14.6. The number of sulfonamides is 1. The van der Waals surface area contributed by atoms with E-state index in [2.05, 4.69) is 19.2 Å². The van der Waals surface area contributed by atoms with Crippen LogP contribution >= 0.6 is 23.2 Å². The average molecular weight is 645 g/mol. The number of anilines is 1. The van der Waals surface area contributed by atoms with Crippen LogP contribution in [0.4, 0.5) is 5.69 Å². The van der Waals surface area contributed by atoms with Crippen LogP contribution in [0.25, 0.3) is 0 Å². The number of benzene rings is 3. The summed E-state index contributed by atoms with van der Waals surface area (Å²) in [7, 11) is -4.14. The number of nitrogens with zero attached hydrogens (tertiary/aromatic N) is 2. The minimum Gasteiger partial charge on any atom is -0.352 e. The molecule has 1 aliphatic rings. The van der Waals surface area contributed by atoms with Crippen LogP contribution in [0.3, 0.4) is 0 Å². The van der Waals surface area contributed by atoms with Crippen molar-refractivity contribution in [3.63, 3.8) is 0 Å². The summed E-state index contributed by atoms with van der Waals surface area (Å²) in [5.74, 6) is -0.558. The Labute approximate surface area is 265 Å². The number of aryl methyl sites for hydroxylation is 1. The fraction of sp³-hybridized carbons (Fsp3) is 0.394. The zero-order valence-corrected chi connectivity index (χ0v) is 27.3. The topological polar surface area (TPSA) is 86.8 Å². The molecule has 0 unspecified atom stereocenters. The standard InChI is InChI=1S/C33H39Cl2N3O4S/c1-22(2)26-12-14-28(15-13-26)38(43(41,42)29-16-9-23(3)10-17-29)21-32(39)37(20-25-11-18-30(34)31(35)19-25)24(4)33(40)36-27-7-5-6-8-27/h9-19,22,24,27H,5-8,20-21H2,1-4H3,(H,36,40)/t24-/m0/s1. The summed E-state index contributed by atoms with van der Waals surface area (Å²) in [6, 6.07) is 17.9. The molecule has 4 rings (SSSR count). The van der Waals surface area contributed by atoms with Gasteiger partial charge in [-0.3, -0.25) is 13.9 Å². The Hall–Kier alpha value is -3.07. The van der Waals surface area contributed by atoms with Crippen LogP contribution < -0.4 is 9.62 Å². The van der Waals surface area contributed by atoms with E-state index >= 15 is 0 Å². The number of carbonyl (C=O) groups is 2. The van der Waals surface area contributed by atoms with E-state index in [4.69, 9.17) is 23.2 Å². The molecular weight excluding hydrogens is 605 g/mol. The van der Waals surface area contributed by atoms with Gasteiger partial charge in [-0.2, -0.15) is 0 Å². The molecule has 10 heteroatoms.